The molecule has 4 N–H and O–H groups in total. The van der Waals surface area contributed by atoms with Gasteiger partial charge in [0.2, 0.25) is 5.91 Å². The predicted molar refractivity (Wildman–Crippen MR) is 145 cm³/mol. The number of aromatic nitrogens is 2. The molecule has 1 unspecified atom stereocenters. The largest absolute Gasteiger partial charge is 0.490 e. The molecule has 0 saturated heterocycles. The van der Waals surface area contributed by atoms with Crippen LogP contribution in [-0.4, -0.2) is 33.8 Å². The second-order valence-electron chi connectivity index (χ2n) is 9.22. The molecule has 11 nitrogen and oxygen atoms in total. The molecule has 39 heavy (non-hydrogen) atoms. The number of nitrogens with one attached hydrogen (secondary N) is 2. The fourth-order valence-electron chi connectivity index (χ4n) is 4.59. The third-order valence-electron chi connectivity index (χ3n) is 6.87. The number of amides is 2. The average molecular weight is 525 g/mol. The lowest BCUT2D eigenvalue weighted by Gasteiger charge is -2.27. The van der Waals surface area contributed by atoms with E-state index in [9.17, 15) is 19.7 Å². The fourth-order valence-corrected chi connectivity index (χ4v) is 4.59. The van der Waals surface area contributed by atoms with E-state index in [4.69, 9.17) is 10.5 Å². The summed E-state index contributed by atoms with van der Waals surface area (Å²) in [5, 5.41) is 17.5. The van der Waals surface area contributed by atoms with E-state index in [0.717, 1.165) is 5.56 Å². The molecular formula is C28H24N6O5. The zero-order valence-corrected chi connectivity index (χ0v) is 21.3. The van der Waals surface area contributed by atoms with Crippen LogP contribution >= 0.6 is 0 Å². The van der Waals surface area contributed by atoms with Gasteiger partial charge in [-0.3, -0.25) is 19.7 Å². The molecule has 0 aliphatic carbocycles. The molecule has 0 saturated carbocycles. The van der Waals surface area contributed by atoms with Crippen molar-refractivity contribution in [2.75, 3.05) is 17.7 Å². The molecular weight excluding hydrogens is 500 g/mol. The summed E-state index contributed by atoms with van der Waals surface area (Å²) in [4.78, 5) is 45.2. The normalized spacial score (nSPS) is 13.6. The molecule has 11 heteroatoms. The van der Waals surface area contributed by atoms with Crippen LogP contribution < -0.4 is 21.1 Å². The van der Waals surface area contributed by atoms with E-state index in [1.165, 1.54) is 13.2 Å². The average Bonchev–Trinajstić information content (AvgIpc) is 3.06. The standard InChI is InChI=1S/C28H24N6O5/c1-15-30-11-10-25(31-15)28(2,27(29)36)18-6-8-20-22(14-18)33-26(35)19-7-4-16(12-21(19)32-20)17-5-9-23(34(37)38)24(13-17)39-3/h4-14,32H,1-3H3,(H2,29,36)(H,33,35). The number of hydrogen-bond donors (Lipinski definition) is 3. The Labute approximate surface area is 223 Å². The number of rotatable bonds is 6. The number of nitro groups is 1. The molecule has 0 fully saturated rings. The number of benzene rings is 3. The number of fused-ring (bicyclic) bond motifs is 2. The Morgan fingerprint density at radius 3 is 2.44 bits per heavy atom. The summed E-state index contributed by atoms with van der Waals surface area (Å²) in [7, 11) is 1.37. The maximum Gasteiger partial charge on any atom is 0.310 e. The Balaban J connectivity index is 1.55. The number of carbonyl (C=O) groups is 2. The van der Waals surface area contributed by atoms with E-state index in [2.05, 4.69) is 20.6 Å². The molecule has 2 heterocycles. The molecule has 1 aromatic heterocycles. The first-order chi connectivity index (χ1) is 18.6. The Morgan fingerprint density at radius 1 is 1.00 bits per heavy atom. The number of aryl methyl sites for hydroxylation is 1. The van der Waals surface area contributed by atoms with E-state index in [1.807, 2.05) is 0 Å². The number of ether oxygens (including phenoxy) is 1. The molecule has 1 atom stereocenters. The van der Waals surface area contributed by atoms with Crippen molar-refractivity contribution in [1.82, 2.24) is 9.97 Å². The number of carbonyl (C=O) groups excluding carboxylic acids is 2. The minimum Gasteiger partial charge on any atom is -0.490 e. The maximum atomic E-state index is 13.2. The molecule has 1 aliphatic rings. The highest BCUT2D eigenvalue weighted by Gasteiger charge is 2.38. The summed E-state index contributed by atoms with van der Waals surface area (Å²) in [6.45, 7) is 3.41. The van der Waals surface area contributed by atoms with Crippen LogP contribution in [0.1, 0.15) is 34.4 Å². The zero-order chi connectivity index (χ0) is 27.9. The Hall–Kier alpha value is -5.32. The van der Waals surface area contributed by atoms with Crippen molar-refractivity contribution in [3.63, 3.8) is 0 Å². The van der Waals surface area contributed by atoms with Gasteiger partial charge in [0.15, 0.2) is 5.75 Å². The SMILES string of the molecule is COc1cc(-c2ccc3c(c2)Nc2ccc(C(C)(C(N)=O)c4ccnc(C)n4)cc2NC3=O)ccc1[N+](=O)[O-]. The monoisotopic (exact) mass is 524 g/mol. The molecule has 0 bridgehead atoms. The van der Waals surface area contributed by atoms with Gasteiger partial charge in [-0.25, -0.2) is 9.97 Å². The van der Waals surface area contributed by atoms with Crippen LogP contribution in [-0.2, 0) is 10.2 Å². The third-order valence-corrected chi connectivity index (χ3v) is 6.87. The predicted octanol–water partition coefficient (Wildman–Crippen LogP) is 4.47. The summed E-state index contributed by atoms with van der Waals surface area (Å²) >= 11 is 0. The highest BCUT2D eigenvalue weighted by Crippen LogP contribution is 2.40. The first-order valence-electron chi connectivity index (χ1n) is 11.9. The van der Waals surface area contributed by atoms with Crippen LogP contribution in [0.15, 0.2) is 66.9 Å². The van der Waals surface area contributed by atoms with Gasteiger partial charge < -0.3 is 21.1 Å². The molecule has 0 radical (unpaired) electrons. The lowest BCUT2D eigenvalue weighted by atomic mass is 9.78. The van der Waals surface area contributed by atoms with E-state index in [1.54, 1.807) is 74.6 Å². The van der Waals surface area contributed by atoms with Crippen molar-refractivity contribution in [3.05, 3.63) is 99.6 Å². The summed E-state index contributed by atoms with van der Waals surface area (Å²) in [5.41, 5.74) is 8.86. The number of methoxy groups -OCH3 is 1. The number of nitrogens with two attached hydrogens (primary N) is 1. The number of primary amides is 1. The maximum absolute atomic E-state index is 13.2. The second-order valence-corrected chi connectivity index (χ2v) is 9.22. The summed E-state index contributed by atoms with van der Waals surface area (Å²) < 4.78 is 5.20. The van der Waals surface area contributed by atoms with Gasteiger partial charge in [0, 0.05) is 12.3 Å². The van der Waals surface area contributed by atoms with E-state index < -0.39 is 16.2 Å². The molecule has 2 amide bonds. The van der Waals surface area contributed by atoms with Crippen molar-refractivity contribution in [3.8, 4) is 16.9 Å². The van der Waals surface area contributed by atoms with E-state index in [0.29, 0.717) is 45.3 Å². The van der Waals surface area contributed by atoms with E-state index in [-0.39, 0.29) is 17.3 Å². The summed E-state index contributed by atoms with van der Waals surface area (Å²) in [5.74, 6) is -0.311. The molecule has 196 valence electrons. The molecule has 5 rings (SSSR count). The molecule has 4 aromatic rings. The number of anilines is 3. The second kappa shape index (κ2) is 9.53. The number of nitrogens with zero attached hydrogens (tertiary/aromatic N) is 3. The fraction of sp³-hybridized carbons (Fsp3) is 0.143. The van der Waals surface area contributed by atoms with Crippen molar-refractivity contribution in [2.45, 2.75) is 19.3 Å². The molecule has 1 aliphatic heterocycles. The van der Waals surface area contributed by atoms with Gasteiger partial charge in [0.05, 0.1) is 40.4 Å². The van der Waals surface area contributed by atoms with E-state index >= 15 is 0 Å². The Kier molecular flexibility index (Phi) is 6.19. The van der Waals surface area contributed by atoms with Crippen LogP contribution in [0.5, 0.6) is 5.75 Å². The number of nitro benzene ring substituents is 1. The van der Waals surface area contributed by atoms with Gasteiger partial charge in [0.25, 0.3) is 5.91 Å². The lowest BCUT2D eigenvalue weighted by molar-refractivity contribution is -0.385. The third kappa shape index (κ3) is 4.39. The zero-order valence-electron chi connectivity index (χ0n) is 21.3. The molecule has 3 aromatic carbocycles. The first-order valence-corrected chi connectivity index (χ1v) is 11.9. The first kappa shape index (κ1) is 25.3. The van der Waals surface area contributed by atoms with Gasteiger partial charge in [0.1, 0.15) is 11.2 Å². The van der Waals surface area contributed by atoms with Crippen LogP contribution in [0.2, 0.25) is 0 Å². The topological polar surface area (TPSA) is 162 Å². The quantitative estimate of drug-likeness (QED) is 0.246. The smallest absolute Gasteiger partial charge is 0.310 e. The minimum atomic E-state index is -1.27. The van der Waals surface area contributed by atoms with Crippen molar-refractivity contribution in [1.29, 1.82) is 0 Å². The van der Waals surface area contributed by atoms with Gasteiger partial charge in [-0.05, 0) is 73.0 Å². The Morgan fingerprint density at radius 2 is 1.74 bits per heavy atom. The van der Waals surface area contributed by atoms with Gasteiger partial charge in [-0.15, -0.1) is 0 Å². The minimum absolute atomic E-state index is 0.132. The van der Waals surface area contributed by atoms with Crippen molar-refractivity contribution >= 4 is 34.6 Å². The highest BCUT2D eigenvalue weighted by molar-refractivity contribution is 6.12. The highest BCUT2D eigenvalue weighted by atomic mass is 16.6. The van der Waals surface area contributed by atoms with Gasteiger partial charge in [-0.2, -0.15) is 0 Å². The van der Waals surface area contributed by atoms with Crippen molar-refractivity contribution < 1.29 is 19.2 Å². The lowest BCUT2D eigenvalue weighted by Crippen LogP contribution is -2.40. The van der Waals surface area contributed by atoms with Crippen LogP contribution in [0.3, 0.4) is 0 Å². The van der Waals surface area contributed by atoms with Crippen LogP contribution in [0, 0.1) is 17.0 Å². The molecule has 0 spiro atoms. The van der Waals surface area contributed by atoms with Gasteiger partial charge in [-0.1, -0.05) is 12.1 Å². The van der Waals surface area contributed by atoms with Crippen molar-refractivity contribution in [2.24, 2.45) is 5.73 Å². The number of hydrogen-bond acceptors (Lipinski definition) is 8. The van der Waals surface area contributed by atoms with Crippen LogP contribution in [0.4, 0.5) is 22.7 Å². The summed E-state index contributed by atoms with van der Waals surface area (Å²) in [6, 6.07) is 16.7. The van der Waals surface area contributed by atoms with Gasteiger partial charge >= 0.3 is 5.69 Å². The van der Waals surface area contributed by atoms with Crippen LogP contribution in [0.25, 0.3) is 11.1 Å². The summed E-state index contributed by atoms with van der Waals surface area (Å²) in [6.07, 6.45) is 1.57. The Bertz CT molecular complexity index is 1670.